The Kier molecular flexibility index (Phi) is 8.23. The second kappa shape index (κ2) is 11.4. The van der Waals surface area contributed by atoms with E-state index in [9.17, 15) is 31.1 Å². The number of hydrogen-bond donors (Lipinski definition) is 1. The number of alkyl halides is 6. The molecule has 1 saturated heterocycles. The van der Waals surface area contributed by atoms with E-state index >= 15 is 0 Å². The molecule has 0 atom stereocenters. The number of nitrogens with one attached hydrogen (secondary N) is 1. The zero-order chi connectivity index (χ0) is 27.3. The summed E-state index contributed by atoms with van der Waals surface area (Å²) in [6, 6.07) is 3.98. The molecule has 1 aliphatic heterocycles. The molecule has 1 aliphatic rings. The minimum Gasteiger partial charge on any atom is -0.474 e. The van der Waals surface area contributed by atoms with Crippen LogP contribution in [0.3, 0.4) is 0 Å². The summed E-state index contributed by atoms with van der Waals surface area (Å²) >= 11 is 0.976. The van der Waals surface area contributed by atoms with Crippen molar-refractivity contribution in [2.45, 2.75) is 25.2 Å². The molecule has 2 aromatic heterocycles. The second-order valence-corrected chi connectivity index (χ2v) is 8.93. The van der Waals surface area contributed by atoms with Crippen molar-refractivity contribution >= 4 is 29.3 Å². The number of piperazine rings is 1. The average molecular weight is 561 g/mol. The average Bonchev–Trinajstić information content (AvgIpc) is 3.35. The number of urea groups is 1. The minimum absolute atomic E-state index is 0.00878. The highest BCUT2D eigenvalue weighted by Gasteiger charge is 2.37. The van der Waals surface area contributed by atoms with Gasteiger partial charge < -0.3 is 19.9 Å². The number of aromatic nitrogens is 3. The van der Waals surface area contributed by atoms with Crippen LogP contribution >= 0.6 is 11.7 Å². The molecular weight excluding hydrogens is 538 g/mol. The number of ether oxygens (including phenoxy) is 1. The molecule has 0 bridgehead atoms. The van der Waals surface area contributed by atoms with Crippen molar-refractivity contribution in [1.29, 1.82) is 0 Å². The molecule has 0 unspecified atom stereocenters. The van der Waals surface area contributed by atoms with Crippen LogP contribution in [0.2, 0.25) is 0 Å². The molecule has 15 heteroatoms. The van der Waals surface area contributed by atoms with Gasteiger partial charge in [0.05, 0.1) is 29.5 Å². The first-order valence-electron chi connectivity index (χ1n) is 11.5. The lowest BCUT2D eigenvalue weighted by molar-refractivity contribution is -0.143. The van der Waals surface area contributed by atoms with Crippen LogP contribution in [0.1, 0.15) is 23.1 Å². The predicted molar refractivity (Wildman–Crippen MR) is 127 cm³/mol. The van der Waals surface area contributed by atoms with Crippen LogP contribution in [0.25, 0.3) is 0 Å². The molecule has 1 N–H and O–H groups in total. The van der Waals surface area contributed by atoms with Gasteiger partial charge in [-0.1, -0.05) is 6.07 Å². The predicted octanol–water partition coefficient (Wildman–Crippen LogP) is 5.34. The van der Waals surface area contributed by atoms with Crippen LogP contribution in [0, 0.1) is 0 Å². The molecule has 0 radical (unpaired) electrons. The molecule has 3 aromatic rings. The Balaban J connectivity index is 1.32. The summed E-state index contributed by atoms with van der Waals surface area (Å²) in [5.74, 6) is 0.881. The third kappa shape index (κ3) is 7.02. The molecule has 2 amide bonds. The van der Waals surface area contributed by atoms with Gasteiger partial charge in [-0.15, -0.1) is 4.37 Å². The smallest absolute Gasteiger partial charge is 0.416 e. The van der Waals surface area contributed by atoms with Crippen LogP contribution in [-0.4, -0.2) is 57.4 Å². The maximum absolute atomic E-state index is 13.1. The number of anilines is 2. The fraction of sp³-hybridized carbons (Fsp3) is 0.391. The Morgan fingerprint density at radius 2 is 1.68 bits per heavy atom. The number of amides is 2. The summed E-state index contributed by atoms with van der Waals surface area (Å²) in [5, 5.41) is 2.16. The summed E-state index contributed by atoms with van der Waals surface area (Å²) in [7, 11) is 0. The van der Waals surface area contributed by atoms with E-state index in [0.717, 1.165) is 30.1 Å². The Hall–Kier alpha value is -3.62. The van der Waals surface area contributed by atoms with Gasteiger partial charge in [0, 0.05) is 44.3 Å². The first-order valence-corrected chi connectivity index (χ1v) is 12.2. The van der Waals surface area contributed by atoms with E-state index in [4.69, 9.17) is 4.74 Å². The Morgan fingerprint density at radius 1 is 1.00 bits per heavy atom. The van der Waals surface area contributed by atoms with Gasteiger partial charge in [-0.25, -0.2) is 4.79 Å². The Morgan fingerprint density at radius 3 is 2.29 bits per heavy atom. The monoisotopic (exact) mass is 560 g/mol. The van der Waals surface area contributed by atoms with E-state index in [1.165, 1.54) is 4.90 Å². The molecule has 1 aromatic carbocycles. The second-order valence-electron chi connectivity index (χ2n) is 8.41. The minimum atomic E-state index is -5.01. The van der Waals surface area contributed by atoms with E-state index in [1.54, 1.807) is 12.4 Å². The molecule has 0 saturated carbocycles. The maximum Gasteiger partial charge on any atom is 0.416 e. The van der Waals surface area contributed by atoms with Crippen molar-refractivity contribution in [3.63, 3.8) is 0 Å². The van der Waals surface area contributed by atoms with Crippen LogP contribution in [0.15, 0.2) is 42.7 Å². The topological polar surface area (TPSA) is 83.5 Å². The highest BCUT2D eigenvalue weighted by Crippen LogP contribution is 2.37. The molecule has 204 valence electrons. The highest BCUT2D eigenvalue weighted by molar-refractivity contribution is 6.99. The van der Waals surface area contributed by atoms with E-state index in [1.807, 2.05) is 17.0 Å². The molecule has 1 fully saturated rings. The lowest BCUT2D eigenvalue weighted by Crippen LogP contribution is -2.50. The normalized spacial score (nSPS) is 14.5. The number of nitrogens with zero attached hydrogens (tertiary/aromatic N) is 5. The number of aryl methyl sites for hydroxylation is 1. The summed E-state index contributed by atoms with van der Waals surface area (Å²) < 4.78 is 92.8. The fourth-order valence-electron chi connectivity index (χ4n) is 3.80. The third-order valence-electron chi connectivity index (χ3n) is 5.72. The van der Waals surface area contributed by atoms with E-state index in [0.29, 0.717) is 43.5 Å². The SMILES string of the molecule is O=C(Nc1cc(C(F)(F)F)cc(C(F)(F)F)c1)N1CCN(c2nsnc2OCCCc2cccnc2)CC1. The van der Waals surface area contributed by atoms with Gasteiger partial charge in [-0.2, -0.15) is 30.7 Å². The largest absolute Gasteiger partial charge is 0.474 e. The van der Waals surface area contributed by atoms with Crippen LogP contribution in [0.4, 0.5) is 42.6 Å². The molecule has 38 heavy (non-hydrogen) atoms. The Bertz CT molecular complexity index is 1200. The molecule has 4 rings (SSSR count). The van der Waals surface area contributed by atoms with Gasteiger partial charge in [-0.05, 0) is 42.7 Å². The summed E-state index contributed by atoms with van der Waals surface area (Å²) in [6.45, 7) is 1.37. The van der Waals surface area contributed by atoms with Crippen molar-refractivity contribution in [3.05, 3.63) is 59.4 Å². The first-order chi connectivity index (χ1) is 18.0. The Labute approximate surface area is 217 Å². The molecule has 0 aliphatic carbocycles. The van der Waals surface area contributed by atoms with Crippen LogP contribution in [-0.2, 0) is 18.8 Å². The lowest BCUT2D eigenvalue weighted by atomic mass is 10.1. The highest BCUT2D eigenvalue weighted by atomic mass is 32.1. The summed E-state index contributed by atoms with van der Waals surface area (Å²) in [4.78, 5) is 19.8. The standard InChI is InChI=1S/C23H22F6N6O2S/c24-22(25,26)16-11-17(23(27,28)29)13-18(12-16)31-21(36)35-8-6-34(7-9-35)19-20(33-38-32-19)37-10-2-4-15-3-1-5-30-14-15/h1,3,5,11-14H,2,4,6-10H2,(H,31,36). The van der Waals surface area contributed by atoms with Gasteiger partial charge in [0.15, 0.2) is 0 Å². The van der Waals surface area contributed by atoms with Crippen LogP contribution < -0.4 is 15.0 Å². The van der Waals surface area contributed by atoms with Gasteiger partial charge >= 0.3 is 18.4 Å². The van der Waals surface area contributed by atoms with Crippen molar-refractivity contribution in [2.75, 3.05) is 43.0 Å². The van der Waals surface area contributed by atoms with Crippen molar-refractivity contribution in [3.8, 4) is 5.88 Å². The zero-order valence-electron chi connectivity index (χ0n) is 19.7. The van der Waals surface area contributed by atoms with Gasteiger partial charge in [0.1, 0.15) is 0 Å². The van der Waals surface area contributed by atoms with Crippen LogP contribution in [0.5, 0.6) is 5.88 Å². The van der Waals surface area contributed by atoms with E-state index < -0.39 is 35.2 Å². The van der Waals surface area contributed by atoms with Crippen molar-refractivity contribution in [1.82, 2.24) is 18.6 Å². The fourth-order valence-corrected chi connectivity index (χ4v) is 4.32. The number of rotatable bonds is 7. The molecule has 3 heterocycles. The molecular formula is C23H22F6N6O2S. The lowest BCUT2D eigenvalue weighted by Gasteiger charge is -2.34. The van der Waals surface area contributed by atoms with E-state index in [-0.39, 0.29) is 19.2 Å². The van der Waals surface area contributed by atoms with Crippen molar-refractivity contribution < 1.29 is 35.9 Å². The number of carbonyl (C=O) groups excluding carboxylic acids is 1. The number of benzene rings is 1. The maximum atomic E-state index is 13.1. The van der Waals surface area contributed by atoms with Gasteiger partial charge in [-0.3, -0.25) is 4.98 Å². The third-order valence-corrected chi connectivity index (χ3v) is 6.22. The summed E-state index contributed by atoms with van der Waals surface area (Å²) in [6.07, 6.45) is -5.01. The number of halogens is 6. The molecule has 8 nitrogen and oxygen atoms in total. The quantitative estimate of drug-likeness (QED) is 0.311. The number of carbonyl (C=O) groups is 1. The number of hydrogen-bond acceptors (Lipinski definition) is 7. The summed E-state index contributed by atoms with van der Waals surface area (Å²) in [5.41, 5.74) is -2.51. The molecule has 0 spiro atoms. The van der Waals surface area contributed by atoms with E-state index in [2.05, 4.69) is 19.0 Å². The van der Waals surface area contributed by atoms with Gasteiger partial charge in [0.2, 0.25) is 5.82 Å². The van der Waals surface area contributed by atoms with Crippen molar-refractivity contribution in [2.24, 2.45) is 0 Å². The first kappa shape index (κ1) is 27.4. The number of pyridine rings is 1. The van der Waals surface area contributed by atoms with Gasteiger partial charge in [0.25, 0.3) is 5.88 Å². The zero-order valence-corrected chi connectivity index (χ0v) is 20.5.